The molecule has 2 aromatic rings. The molecule has 2 aromatic heterocycles. The summed E-state index contributed by atoms with van der Waals surface area (Å²) in [6.45, 7) is 3.56. The number of alkyl halides is 1. The highest BCUT2D eigenvalue weighted by Crippen LogP contribution is 2.45. The summed E-state index contributed by atoms with van der Waals surface area (Å²) in [4.78, 5) is 14.0. The average molecular weight is 343 g/mol. The number of pyridine rings is 1. The van der Waals surface area contributed by atoms with Crippen molar-refractivity contribution in [3.8, 4) is 0 Å². The molecule has 0 aromatic carbocycles. The van der Waals surface area contributed by atoms with Gasteiger partial charge >= 0.3 is 6.08 Å². The number of aromatic nitrogens is 3. The molecule has 1 saturated heterocycles. The van der Waals surface area contributed by atoms with Crippen molar-refractivity contribution in [2.45, 2.75) is 18.3 Å². The smallest absolute Gasteiger partial charge is 0.311 e. The molecule has 1 aliphatic carbocycles. The van der Waals surface area contributed by atoms with Crippen molar-refractivity contribution >= 4 is 39.9 Å². The Morgan fingerprint density at radius 3 is 3.05 bits per heavy atom. The number of nitrogens with zero attached hydrogens (tertiary/aromatic N) is 4. The summed E-state index contributed by atoms with van der Waals surface area (Å²) in [6.07, 6.45) is 0.813. The Morgan fingerprint density at radius 1 is 1.41 bits per heavy atom. The molecule has 1 aliphatic heterocycles. The minimum atomic E-state index is -0.777. The zero-order valence-corrected chi connectivity index (χ0v) is 13.3. The summed E-state index contributed by atoms with van der Waals surface area (Å²) in [5.41, 5.74) is 1.12. The topological polar surface area (TPSA) is 51.1 Å². The van der Waals surface area contributed by atoms with E-state index in [0.29, 0.717) is 47.2 Å². The van der Waals surface area contributed by atoms with Crippen molar-refractivity contribution in [1.29, 1.82) is 0 Å². The maximum absolute atomic E-state index is 13.9. The molecule has 116 valence electrons. The van der Waals surface area contributed by atoms with E-state index in [1.165, 1.54) is 0 Å². The standard InChI is InChI=1S/C14H13Cl2FN4O/c1-6-10-7(4-18-12(6)16)13(20-14(17)19-10)21-2-3-22-5-8-9(15)11(8)21/h4,8-9,11H,2-3,5H2,1H3/t8-,9-,11-/m0/s1. The van der Waals surface area contributed by atoms with Crippen LogP contribution in [0.4, 0.5) is 10.2 Å². The van der Waals surface area contributed by atoms with Crippen LogP contribution in [-0.2, 0) is 4.74 Å². The molecule has 0 spiro atoms. The predicted octanol–water partition coefficient (Wildman–Crippen LogP) is 2.57. The molecule has 4 rings (SSSR count). The second-order valence-electron chi connectivity index (χ2n) is 5.62. The van der Waals surface area contributed by atoms with Crippen LogP contribution < -0.4 is 4.90 Å². The lowest BCUT2D eigenvalue weighted by Gasteiger charge is -2.24. The molecule has 5 nitrogen and oxygen atoms in total. The van der Waals surface area contributed by atoms with Gasteiger partial charge in [-0.15, -0.1) is 11.6 Å². The third kappa shape index (κ3) is 2.13. The fraction of sp³-hybridized carbons (Fsp3) is 0.500. The van der Waals surface area contributed by atoms with Crippen molar-refractivity contribution in [1.82, 2.24) is 15.0 Å². The zero-order chi connectivity index (χ0) is 15.4. The Morgan fingerprint density at radius 2 is 2.23 bits per heavy atom. The fourth-order valence-corrected chi connectivity index (χ4v) is 3.66. The van der Waals surface area contributed by atoms with Crippen molar-refractivity contribution in [2.24, 2.45) is 5.92 Å². The summed E-state index contributed by atoms with van der Waals surface area (Å²) >= 11 is 12.3. The van der Waals surface area contributed by atoms with Crippen LogP contribution in [0, 0.1) is 18.9 Å². The monoisotopic (exact) mass is 342 g/mol. The largest absolute Gasteiger partial charge is 0.379 e. The van der Waals surface area contributed by atoms with E-state index in [4.69, 9.17) is 27.9 Å². The van der Waals surface area contributed by atoms with E-state index in [1.807, 2.05) is 4.90 Å². The zero-order valence-electron chi connectivity index (χ0n) is 11.8. The van der Waals surface area contributed by atoms with Gasteiger partial charge in [-0.2, -0.15) is 9.37 Å². The first-order valence-corrected chi connectivity index (χ1v) is 7.86. The summed E-state index contributed by atoms with van der Waals surface area (Å²) in [6, 6.07) is 0.109. The number of fused-ring (bicyclic) bond motifs is 2. The number of hydrogen-bond acceptors (Lipinski definition) is 5. The molecular formula is C14H13Cl2FN4O. The molecule has 0 amide bonds. The molecule has 3 heterocycles. The van der Waals surface area contributed by atoms with Gasteiger partial charge in [0.15, 0.2) is 0 Å². The normalized spacial score (nSPS) is 27.6. The molecular weight excluding hydrogens is 330 g/mol. The van der Waals surface area contributed by atoms with Crippen LogP contribution in [0.2, 0.25) is 5.15 Å². The molecule has 3 atom stereocenters. The van der Waals surface area contributed by atoms with E-state index in [2.05, 4.69) is 15.0 Å². The summed E-state index contributed by atoms with van der Waals surface area (Å²) < 4.78 is 19.5. The lowest BCUT2D eigenvalue weighted by molar-refractivity contribution is 0.139. The van der Waals surface area contributed by atoms with Gasteiger partial charge in [-0.3, -0.25) is 0 Å². The van der Waals surface area contributed by atoms with Crippen molar-refractivity contribution < 1.29 is 9.13 Å². The first kappa shape index (κ1) is 14.4. The van der Waals surface area contributed by atoms with Gasteiger partial charge in [0.05, 0.1) is 35.5 Å². The Bertz CT molecular complexity index is 759. The van der Waals surface area contributed by atoms with Crippen LogP contribution in [-0.4, -0.2) is 46.1 Å². The van der Waals surface area contributed by atoms with Gasteiger partial charge in [0, 0.05) is 24.2 Å². The van der Waals surface area contributed by atoms with Gasteiger partial charge < -0.3 is 9.64 Å². The van der Waals surface area contributed by atoms with Crippen molar-refractivity contribution in [3.05, 3.63) is 23.0 Å². The molecule has 2 aliphatic rings. The van der Waals surface area contributed by atoms with Gasteiger partial charge in [0.1, 0.15) is 11.0 Å². The Balaban J connectivity index is 1.89. The fourth-order valence-electron chi connectivity index (χ4n) is 3.06. The maximum atomic E-state index is 13.9. The molecule has 2 fully saturated rings. The number of ether oxygens (including phenoxy) is 1. The van der Waals surface area contributed by atoms with Crippen LogP contribution in [0.1, 0.15) is 5.56 Å². The minimum absolute atomic E-state index is 0.00488. The quantitative estimate of drug-likeness (QED) is 0.453. The molecule has 0 N–H and O–H groups in total. The highest BCUT2D eigenvalue weighted by atomic mass is 35.5. The van der Waals surface area contributed by atoms with Crippen LogP contribution in [0.25, 0.3) is 10.9 Å². The third-order valence-corrected chi connectivity index (χ3v) is 5.28. The van der Waals surface area contributed by atoms with Crippen LogP contribution in [0.5, 0.6) is 0 Å². The number of hydrogen-bond donors (Lipinski definition) is 0. The number of anilines is 1. The number of halogens is 3. The highest BCUT2D eigenvalue weighted by molar-refractivity contribution is 6.31. The van der Waals surface area contributed by atoms with Crippen molar-refractivity contribution in [3.63, 3.8) is 0 Å². The lowest BCUT2D eigenvalue weighted by atomic mass is 10.2. The molecule has 0 radical (unpaired) electrons. The number of rotatable bonds is 1. The van der Waals surface area contributed by atoms with E-state index < -0.39 is 6.08 Å². The highest BCUT2D eigenvalue weighted by Gasteiger charge is 2.54. The van der Waals surface area contributed by atoms with E-state index in [9.17, 15) is 4.39 Å². The van der Waals surface area contributed by atoms with E-state index in [-0.39, 0.29) is 17.3 Å². The summed E-state index contributed by atoms with van der Waals surface area (Å²) in [7, 11) is 0. The molecule has 0 unspecified atom stereocenters. The van der Waals surface area contributed by atoms with Crippen LogP contribution in [0.3, 0.4) is 0 Å². The predicted molar refractivity (Wildman–Crippen MR) is 82.1 cm³/mol. The van der Waals surface area contributed by atoms with E-state index >= 15 is 0 Å². The molecule has 0 bridgehead atoms. The van der Waals surface area contributed by atoms with Crippen LogP contribution >= 0.6 is 23.2 Å². The Kier molecular flexibility index (Phi) is 3.36. The second-order valence-corrected chi connectivity index (χ2v) is 6.48. The molecule has 22 heavy (non-hydrogen) atoms. The maximum Gasteiger partial charge on any atom is 0.311 e. The van der Waals surface area contributed by atoms with Crippen LogP contribution in [0.15, 0.2) is 6.20 Å². The van der Waals surface area contributed by atoms with Gasteiger partial charge in [-0.25, -0.2) is 9.97 Å². The first-order valence-electron chi connectivity index (χ1n) is 7.04. The SMILES string of the molecule is Cc1c(Cl)ncc2c(N3CCOC[C@H]4[C@H](Cl)[C@H]43)nc(F)nc12. The lowest BCUT2D eigenvalue weighted by Crippen LogP contribution is -2.31. The van der Waals surface area contributed by atoms with E-state index in [1.54, 1.807) is 13.1 Å². The number of aryl methyl sites for hydroxylation is 1. The second kappa shape index (κ2) is 5.15. The van der Waals surface area contributed by atoms with E-state index in [0.717, 1.165) is 0 Å². The minimum Gasteiger partial charge on any atom is -0.379 e. The van der Waals surface area contributed by atoms with Gasteiger partial charge in [0.25, 0.3) is 0 Å². The molecule has 1 saturated carbocycles. The first-order chi connectivity index (χ1) is 10.6. The average Bonchev–Trinajstić information content (AvgIpc) is 3.18. The van der Waals surface area contributed by atoms with Gasteiger partial charge in [-0.05, 0) is 6.92 Å². The summed E-state index contributed by atoms with van der Waals surface area (Å²) in [5, 5.41) is 0.990. The Labute approximate surface area is 136 Å². The van der Waals surface area contributed by atoms with Crippen molar-refractivity contribution in [2.75, 3.05) is 24.7 Å². The third-order valence-electron chi connectivity index (χ3n) is 4.32. The van der Waals surface area contributed by atoms with Gasteiger partial charge in [0.2, 0.25) is 0 Å². The summed E-state index contributed by atoms with van der Waals surface area (Å²) in [5.74, 6) is 0.761. The Hall–Kier alpha value is -1.24. The van der Waals surface area contributed by atoms with Gasteiger partial charge in [-0.1, -0.05) is 11.6 Å². The molecule has 8 heteroatoms.